The molecule has 0 bridgehead atoms. The summed E-state index contributed by atoms with van der Waals surface area (Å²) in [5, 5.41) is 12.4. The van der Waals surface area contributed by atoms with Gasteiger partial charge in [0.1, 0.15) is 5.75 Å². The van der Waals surface area contributed by atoms with Crippen molar-refractivity contribution in [2.75, 3.05) is 26.8 Å². The molecule has 0 aliphatic carbocycles. The minimum atomic E-state index is 0.326. The van der Waals surface area contributed by atoms with Gasteiger partial charge in [-0.2, -0.15) is 0 Å². The lowest BCUT2D eigenvalue weighted by molar-refractivity contribution is 0.194. The van der Waals surface area contributed by atoms with Gasteiger partial charge in [-0.25, -0.2) is 0 Å². The van der Waals surface area contributed by atoms with Crippen LogP contribution in [0.15, 0.2) is 24.3 Å². The highest BCUT2D eigenvalue weighted by Crippen LogP contribution is 2.09. The van der Waals surface area contributed by atoms with Crippen LogP contribution in [0, 0.1) is 0 Å². The topological polar surface area (TPSA) is 41.5 Å². The average Bonchev–Trinajstić information content (AvgIpc) is 2.26. The molecule has 15 heavy (non-hydrogen) atoms. The summed E-state index contributed by atoms with van der Waals surface area (Å²) in [6.07, 6.45) is 2.04. The van der Waals surface area contributed by atoms with E-state index in [1.165, 1.54) is 5.56 Å². The maximum atomic E-state index is 9.10. The normalized spacial score (nSPS) is 10.5. The number of aromatic hydroxyl groups is 1. The zero-order valence-electron chi connectivity index (χ0n) is 9.20. The van der Waals surface area contributed by atoms with Crippen LogP contribution >= 0.6 is 0 Å². The Morgan fingerprint density at radius 2 is 1.93 bits per heavy atom. The SMILES string of the molecule is COCCCNCCc1ccc(O)cc1. The number of ether oxygens (including phenoxy) is 1. The molecule has 1 aromatic carbocycles. The lowest BCUT2D eigenvalue weighted by atomic mass is 10.1. The summed E-state index contributed by atoms with van der Waals surface area (Å²) in [7, 11) is 1.72. The maximum Gasteiger partial charge on any atom is 0.115 e. The van der Waals surface area contributed by atoms with Crippen molar-refractivity contribution in [1.82, 2.24) is 5.32 Å². The van der Waals surface area contributed by atoms with Gasteiger partial charge in [-0.15, -0.1) is 0 Å². The molecule has 0 saturated carbocycles. The zero-order valence-corrected chi connectivity index (χ0v) is 9.20. The van der Waals surface area contributed by atoms with Crippen molar-refractivity contribution >= 4 is 0 Å². The largest absolute Gasteiger partial charge is 0.508 e. The van der Waals surface area contributed by atoms with Crippen molar-refractivity contribution in [2.45, 2.75) is 12.8 Å². The van der Waals surface area contributed by atoms with Gasteiger partial charge in [0.2, 0.25) is 0 Å². The number of phenolic OH excluding ortho intramolecular Hbond substituents is 1. The van der Waals surface area contributed by atoms with Crippen LogP contribution in [0.4, 0.5) is 0 Å². The van der Waals surface area contributed by atoms with Gasteiger partial charge in [0.25, 0.3) is 0 Å². The predicted molar refractivity (Wildman–Crippen MR) is 61.2 cm³/mol. The molecule has 0 aliphatic heterocycles. The van der Waals surface area contributed by atoms with Crippen molar-refractivity contribution in [1.29, 1.82) is 0 Å². The van der Waals surface area contributed by atoms with Crippen LogP contribution < -0.4 is 5.32 Å². The van der Waals surface area contributed by atoms with Crippen molar-refractivity contribution in [3.8, 4) is 5.75 Å². The third-order valence-corrected chi connectivity index (χ3v) is 2.23. The third kappa shape index (κ3) is 5.40. The summed E-state index contributed by atoms with van der Waals surface area (Å²) in [4.78, 5) is 0. The number of benzene rings is 1. The Labute approximate surface area is 91.1 Å². The van der Waals surface area contributed by atoms with Gasteiger partial charge in [-0.05, 0) is 43.6 Å². The van der Waals surface area contributed by atoms with Crippen LogP contribution in [-0.2, 0) is 11.2 Å². The van der Waals surface area contributed by atoms with Gasteiger partial charge in [0.05, 0.1) is 0 Å². The maximum absolute atomic E-state index is 9.10. The minimum Gasteiger partial charge on any atom is -0.508 e. The molecule has 1 rings (SSSR count). The molecular weight excluding hydrogens is 190 g/mol. The summed E-state index contributed by atoms with van der Waals surface area (Å²) >= 11 is 0. The molecule has 0 aliphatic rings. The van der Waals surface area contributed by atoms with Gasteiger partial charge in [0.15, 0.2) is 0 Å². The molecule has 0 fully saturated rings. The highest BCUT2D eigenvalue weighted by atomic mass is 16.5. The van der Waals surface area contributed by atoms with Gasteiger partial charge >= 0.3 is 0 Å². The Morgan fingerprint density at radius 3 is 2.60 bits per heavy atom. The zero-order chi connectivity index (χ0) is 10.9. The quantitative estimate of drug-likeness (QED) is 0.670. The fourth-order valence-corrected chi connectivity index (χ4v) is 1.36. The minimum absolute atomic E-state index is 0.326. The number of rotatable bonds is 7. The predicted octanol–water partition coefficient (Wildman–Crippen LogP) is 1.56. The highest BCUT2D eigenvalue weighted by Gasteiger charge is 1.93. The number of methoxy groups -OCH3 is 1. The molecule has 0 atom stereocenters. The Bertz CT molecular complexity index is 259. The highest BCUT2D eigenvalue weighted by molar-refractivity contribution is 5.25. The second-order valence-corrected chi connectivity index (χ2v) is 3.51. The first-order valence-electron chi connectivity index (χ1n) is 5.30. The molecule has 84 valence electrons. The van der Waals surface area contributed by atoms with E-state index in [0.29, 0.717) is 5.75 Å². The van der Waals surface area contributed by atoms with Crippen LogP contribution in [0.3, 0.4) is 0 Å². The van der Waals surface area contributed by atoms with E-state index in [0.717, 1.165) is 32.5 Å². The van der Waals surface area contributed by atoms with Crippen LogP contribution in [0.1, 0.15) is 12.0 Å². The summed E-state index contributed by atoms with van der Waals surface area (Å²) in [5.74, 6) is 0.326. The summed E-state index contributed by atoms with van der Waals surface area (Å²) in [5.41, 5.74) is 1.24. The molecule has 2 N–H and O–H groups in total. The molecule has 3 nitrogen and oxygen atoms in total. The first-order valence-corrected chi connectivity index (χ1v) is 5.30. The fourth-order valence-electron chi connectivity index (χ4n) is 1.36. The van der Waals surface area contributed by atoms with Gasteiger partial charge in [-0.3, -0.25) is 0 Å². The molecule has 1 aromatic rings. The molecule has 0 heterocycles. The Hall–Kier alpha value is -1.06. The van der Waals surface area contributed by atoms with E-state index in [1.54, 1.807) is 19.2 Å². The average molecular weight is 209 g/mol. The van der Waals surface area contributed by atoms with Gasteiger partial charge in [0, 0.05) is 13.7 Å². The molecule has 3 heteroatoms. The van der Waals surface area contributed by atoms with E-state index in [9.17, 15) is 0 Å². The molecule has 0 spiro atoms. The van der Waals surface area contributed by atoms with Crippen molar-refractivity contribution in [2.24, 2.45) is 0 Å². The smallest absolute Gasteiger partial charge is 0.115 e. The molecule has 0 aromatic heterocycles. The third-order valence-electron chi connectivity index (χ3n) is 2.23. The monoisotopic (exact) mass is 209 g/mol. The molecular formula is C12H19NO2. The molecule has 0 saturated heterocycles. The van der Waals surface area contributed by atoms with Crippen molar-refractivity contribution in [3.05, 3.63) is 29.8 Å². The second-order valence-electron chi connectivity index (χ2n) is 3.51. The first-order chi connectivity index (χ1) is 7.33. The molecule has 0 amide bonds. The van der Waals surface area contributed by atoms with E-state index in [4.69, 9.17) is 9.84 Å². The fraction of sp³-hybridized carbons (Fsp3) is 0.500. The number of hydrogen-bond acceptors (Lipinski definition) is 3. The summed E-state index contributed by atoms with van der Waals surface area (Å²) in [6.45, 7) is 2.77. The molecule has 0 unspecified atom stereocenters. The van der Waals surface area contributed by atoms with Crippen LogP contribution in [0.2, 0.25) is 0 Å². The van der Waals surface area contributed by atoms with Crippen LogP contribution in [0.25, 0.3) is 0 Å². The lowest BCUT2D eigenvalue weighted by Crippen LogP contribution is -2.19. The van der Waals surface area contributed by atoms with Crippen LogP contribution in [-0.4, -0.2) is 31.9 Å². The second kappa shape index (κ2) is 7.26. The van der Waals surface area contributed by atoms with Crippen molar-refractivity contribution in [3.63, 3.8) is 0 Å². The van der Waals surface area contributed by atoms with E-state index >= 15 is 0 Å². The Balaban J connectivity index is 2.07. The van der Waals surface area contributed by atoms with Gasteiger partial charge < -0.3 is 15.2 Å². The van der Waals surface area contributed by atoms with Gasteiger partial charge in [-0.1, -0.05) is 12.1 Å². The summed E-state index contributed by atoms with van der Waals surface area (Å²) in [6, 6.07) is 7.35. The first kappa shape index (κ1) is 12.0. The van der Waals surface area contributed by atoms with E-state index < -0.39 is 0 Å². The standard InChI is InChI=1S/C12H19NO2/c1-15-10-2-8-13-9-7-11-3-5-12(14)6-4-11/h3-6,13-14H,2,7-10H2,1H3. The Kier molecular flexibility index (Phi) is 5.81. The van der Waals surface area contributed by atoms with E-state index in [-0.39, 0.29) is 0 Å². The summed E-state index contributed by atoms with van der Waals surface area (Å²) < 4.78 is 4.95. The lowest BCUT2D eigenvalue weighted by Gasteiger charge is -2.04. The van der Waals surface area contributed by atoms with Crippen LogP contribution in [0.5, 0.6) is 5.75 Å². The number of phenols is 1. The van der Waals surface area contributed by atoms with E-state index in [2.05, 4.69) is 5.32 Å². The molecule has 0 radical (unpaired) electrons. The Morgan fingerprint density at radius 1 is 1.20 bits per heavy atom. The van der Waals surface area contributed by atoms with Crippen molar-refractivity contribution < 1.29 is 9.84 Å². The number of hydrogen-bond donors (Lipinski definition) is 2. The number of nitrogens with one attached hydrogen (secondary N) is 1. The van der Waals surface area contributed by atoms with E-state index in [1.807, 2.05) is 12.1 Å².